The number of likely N-dealkylation sites (tertiary alicyclic amines) is 1. The van der Waals surface area contributed by atoms with Gasteiger partial charge >= 0.3 is 0 Å². The van der Waals surface area contributed by atoms with Crippen LogP contribution in [0.1, 0.15) is 30.4 Å². The van der Waals surface area contributed by atoms with Crippen molar-refractivity contribution in [2.45, 2.75) is 50.1 Å². The first-order valence-corrected chi connectivity index (χ1v) is 8.99. The highest BCUT2D eigenvalue weighted by Crippen LogP contribution is 2.31. The molecule has 0 radical (unpaired) electrons. The Bertz CT molecular complexity index is 653. The van der Waals surface area contributed by atoms with Crippen LogP contribution in [0.3, 0.4) is 0 Å². The molecule has 2 aliphatic rings. The molecule has 1 saturated heterocycles. The Labute approximate surface area is 126 Å². The highest BCUT2D eigenvalue weighted by atomic mass is 32.2. The smallest absolute Gasteiger partial charge is 0.241 e. The number of nitrogen functional groups attached to an aromatic ring is 1. The van der Waals surface area contributed by atoms with Crippen molar-refractivity contribution in [1.82, 2.24) is 9.62 Å². The van der Waals surface area contributed by atoms with Crippen LogP contribution in [-0.2, 0) is 10.0 Å². The molecule has 0 amide bonds. The van der Waals surface area contributed by atoms with E-state index < -0.39 is 10.0 Å². The summed E-state index contributed by atoms with van der Waals surface area (Å²) in [5.41, 5.74) is 7.76. The van der Waals surface area contributed by atoms with E-state index in [2.05, 4.69) is 9.62 Å². The molecule has 1 saturated carbocycles. The molecule has 1 atom stereocenters. The van der Waals surface area contributed by atoms with Crippen LogP contribution in [0.5, 0.6) is 0 Å². The fourth-order valence-electron chi connectivity index (χ4n) is 3.19. The minimum Gasteiger partial charge on any atom is -0.398 e. The molecule has 1 aliphatic carbocycles. The molecule has 116 valence electrons. The summed E-state index contributed by atoms with van der Waals surface area (Å²) in [4.78, 5) is 2.74. The maximum absolute atomic E-state index is 12.7. The minimum atomic E-state index is -3.51. The van der Waals surface area contributed by atoms with Crippen LogP contribution >= 0.6 is 0 Å². The van der Waals surface area contributed by atoms with Gasteiger partial charge in [-0.15, -0.1) is 0 Å². The van der Waals surface area contributed by atoms with Crippen molar-refractivity contribution in [1.29, 1.82) is 0 Å². The van der Waals surface area contributed by atoms with Crippen LogP contribution in [-0.4, -0.2) is 38.5 Å². The average Bonchev–Trinajstić information content (AvgIpc) is 3.15. The van der Waals surface area contributed by atoms with E-state index >= 15 is 0 Å². The van der Waals surface area contributed by atoms with Crippen LogP contribution in [0.2, 0.25) is 0 Å². The standard InChI is InChI=1S/C15H23N3O2S/c1-10-3-6-14(16)11(2)15(10)21(19,20)17-12-7-8-18(9-12)13-4-5-13/h3,6,12-13,17H,4-5,7-9,16H2,1-2H3. The number of benzene rings is 1. The first kappa shape index (κ1) is 14.8. The second-order valence-corrected chi connectivity index (χ2v) is 7.91. The lowest BCUT2D eigenvalue weighted by Gasteiger charge is -2.18. The number of nitrogens with one attached hydrogen (secondary N) is 1. The first-order chi connectivity index (χ1) is 9.88. The normalized spacial score (nSPS) is 23.6. The fourth-order valence-corrected chi connectivity index (χ4v) is 4.95. The number of nitrogens with two attached hydrogens (primary N) is 1. The topological polar surface area (TPSA) is 75.4 Å². The molecule has 0 bridgehead atoms. The van der Waals surface area contributed by atoms with Crippen LogP contribution in [0.25, 0.3) is 0 Å². The van der Waals surface area contributed by atoms with Crippen molar-refractivity contribution >= 4 is 15.7 Å². The van der Waals surface area contributed by atoms with E-state index in [9.17, 15) is 8.42 Å². The molecule has 1 aromatic carbocycles. The molecule has 1 aliphatic heterocycles. The number of hydrogen-bond donors (Lipinski definition) is 2. The molecule has 1 heterocycles. The fraction of sp³-hybridized carbons (Fsp3) is 0.600. The number of aryl methyl sites for hydroxylation is 1. The van der Waals surface area contributed by atoms with Gasteiger partial charge in [-0.25, -0.2) is 13.1 Å². The Morgan fingerprint density at radius 2 is 1.95 bits per heavy atom. The Balaban J connectivity index is 1.80. The summed E-state index contributed by atoms with van der Waals surface area (Å²) in [6.45, 7) is 5.39. The number of rotatable bonds is 4. The maximum atomic E-state index is 12.7. The average molecular weight is 309 g/mol. The molecule has 1 unspecified atom stereocenters. The van der Waals surface area contributed by atoms with Gasteiger partial charge in [-0.05, 0) is 50.3 Å². The summed E-state index contributed by atoms with van der Waals surface area (Å²) in [6.07, 6.45) is 3.40. The van der Waals surface area contributed by atoms with Crippen molar-refractivity contribution in [3.63, 3.8) is 0 Å². The molecule has 0 aromatic heterocycles. The SMILES string of the molecule is Cc1ccc(N)c(C)c1S(=O)(=O)NC1CCN(C2CC2)C1. The Morgan fingerprint density at radius 3 is 2.62 bits per heavy atom. The Kier molecular flexibility index (Phi) is 3.71. The quantitative estimate of drug-likeness (QED) is 0.824. The summed E-state index contributed by atoms with van der Waals surface area (Å²) in [5, 5.41) is 0. The summed E-state index contributed by atoms with van der Waals surface area (Å²) in [7, 11) is -3.51. The molecule has 0 spiro atoms. The third kappa shape index (κ3) is 2.93. The van der Waals surface area contributed by atoms with Crippen LogP contribution in [0.15, 0.2) is 17.0 Å². The summed E-state index contributed by atoms with van der Waals surface area (Å²) in [5.74, 6) is 0. The van der Waals surface area contributed by atoms with Gasteiger partial charge in [-0.1, -0.05) is 6.07 Å². The third-order valence-corrected chi connectivity index (χ3v) is 6.33. The van der Waals surface area contributed by atoms with Crippen molar-refractivity contribution in [2.24, 2.45) is 0 Å². The molecule has 3 N–H and O–H groups in total. The van der Waals surface area contributed by atoms with Crippen molar-refractivity contribution < 1.29 is 8.42 Å². The lowest BCUT2D eigenvalue weighted by Crippen LogP contribution is -2.38. The van der Waals surface area contributed by atoms with Gasteiger partial charge in [0.05, 0.1) is 4.90 Å². The number of hydrogen-bond acceptors (Lipinski definition) is 4. The Morgan fingerprint density at radius 1 is 1.24 bits per heavy atom. The van der Waals surface area contributed by atoms with Crippen LogP contribution < -0.4 is 10.5 Å². The second kappa shape index (κ2) is 5.26. The molecule has 2 fully saturated rings. The molecule has 3 rings (SSSR count). The van der Waals surface area contributed by atoms with Gasteiger partial charge in [-0.3, -0.25) is 4.90 Å². The van der Waals surface area contributed by atoms with Crippen molar-refractivity contribution in [3.05, 3.63) is 23.3 Å². The van der Waals surface area contributed by atoms with Gasteiger partial charge in [0.25, 0.3) is 0 Å². The predicted molar refractivity (Wildman–Crippen MR) is 83.6 cm³/mol. The number of anilines is 1. The van der Waals surface area contributed by atoms with Crippen LogP contribution in [0, 0.1) is 13.8 Å². The lowest BCUT2D eigenvalue weighted by atomic mass is 10.1. The van der Waals surface area contributed by atoms with Gasteiger partial charge in [-0.2, -0.15) is 0 Å². The second-order valence-electron chi connectivity index (χ2n) is 6.26. The lowest BCUT2D eigenvalue weighted by molar-refractivity contribution is 0.322. The summed E-state index contributed by atoms with van der Waals surface area (Å²) >= 11 is 0. The highest BCUT2D eigenvalue weighted by molar-refractivity contribution is 7.89. The Hall–Kier alpha value is -1.11. The zero-order chi connectivity index (χ0) is 15.2. The van der Waals surface area contributed by atoms with E-state index in [0.717, 1.165) is 25.1 Å². The van der Waals surface area contributed by atoms with Crippen LogP contribution in [0.4, 0.5) is 5.69 Å². The molecular formula is C15H23N3O2S. The zero-order valence-corrected chi connectivity index (χ0v) is 13.4. The predicted octanol–water partition coefficient (Wildman–Crippen LogP) is 1.40. The largest absolute Gasteiger partial charge is 0.398 e. The summed E-state index contributed by atoms with van der Waals surface area (Å²) in [6, 6.07) is 4.22. The molecule has 21 heavy (non-hydrogen) atoms. The third-order valence-electron chi connectivity index (χ3n) is 4.52. The highest BCUT2D eigenvalue weighted by Gasteiger charge is 2.36. The maximum Gasteiger partial charge on any atom is 0.241 e. The molecule has 5 nitrogen and oxygen atoms in total. The van der Waals surface area contributed by atoms with Gasteiger partial charge in [0.15, 0.2) is 0 Å². The molecule has 6 heteroatoms. The minimum absolute atomic E-state index is 0.0100. The van der Waals surface area contributed by atoms with E-state index in [4.69, 9.17) is 5.73 Å². The van der Waals surface area contributed by atoms with Crippen molar-refractivity contribution in [2.75, 3.05) is 18.8 Å². The van der Waals surface area contributed by atoms with E-state index in [1.807, 2.05) is 6.92 Å². The van der Waals surface area contributed by atoms with Gasteiger partial charge < -0.3 is 5.73 Å². The van der Waals surface area contributed by atoms with Gasteiger partial charge in [0, 0.05) is 30.9 Å². The monoisotopic (exact) mass is 309 g/mol. The van der Waals surface area contributed by atoms with Crippen molar-refractivity contribution in [3.8, 4) is 0 Å². The number of nitrogens with zero attached hydrogens (tertiary/aromatic N) is 1. The number of sulfonamides is 1. The van der Waals surface area contributed by atoms with Gasteiger partial charge in [0.2, 0.25) is 10.0 Å². The summed E-state index contributed by atoms with van der Waals surface area (Å²) < 4.78 is 28.2. The van der Waals surface area contributed by atoms with E-state index in [-0.39, 0.29) is 6.04 Å². The van der Waals surface area contributed by atoms with E-state index in [1.165, 1.54) is 12.8 Å². The zero-order valence-electron chi connectivity index (χ0n) is 12.6. The van der Waals surface area contributed by atoms with E-state index in [1.54, 1.807) is 19.1 Å². The van der Waals surface area contributed by atoms with E-state index in [0.29, 0.717) is 22.2 Å². The molecule has 1 aromatic rings. The molecular weight excluding hydrogens is 286 g/mol. The first-order valence-electron chi connectivity index (χ1n) is 7.50. The van der Waals surface area contributed by atoms with Gasteiger partial charge in [0.1, 0.15) is 0 Å².